The predicted molar refractivity (Wildman–Crippen MR) is 137 cm³/mol. The molecule has 0 amide bonds. The lowest BCUT2D eigenvalue weighted by molar-refractivity contribution is 0.196. The van der Waals surface area contributed by atoms with Crippen molar-refractivity contribution in [3.8, 4) is 5.75 Å². The average molecular weight is 469 g/mol. The topological polar surface area (TPSA) is 55.8 Å². The smallest absolute Gasteiger partial charge is 0.335 e. The van der Waals surface area contributed by atoms with Crippen LogP contribution in [0.4, 0.5) is 0 Å². The summed E-state index contributed by atoms with van der Waals surface area (Å²) in [4.78, 5) is 0. The van der Waals surface area contributed by atoms with E-state index in [0.29, 0.717) is 19.0 Å². The monoisotopic (exact) mass is 468 g/mol. The molecule has 1 aromatic rings. The van der Waals surface area contributed by atoms with E-state index >= 15 is 0 Å². The minimum atomic E-state index is -3.28. The standard InChI is InChI=1S/C27H49O4P/c1-9-11-13-15-17-30-32(29,31-18-16-14-12-10-2)21-22-19-23(26(3,4)5)25(28)24(20-22)27(6,7)8/h19-20,28H,9-18,21H2,1-8H3. The first-order valence-corrected chi connectivity index (χ1v) is 14.3. The molecule has 1 aromatic carbocycles. The molecule has 0 aliphatic rings. The van der Waals surface area contributed by atoms with Crippen molar-refractivity contribution < 1.29 is 18.7 Å². The molecular formula is C27H49O4P. The van der Waals surface area contributed by atoms with Crippen LogP contribution >= 0.6 is 7.60 Å². The van der Waals surface area contributed by atoms with Gasteiger partial charge in [0.15, 0.2) is 0 Å². The van der Waals surface area contributed by atoms with Gasteiger partial charge in [-0.2, -0.15) is 0 Å². The Bertz CT molecular complexity index is 675. The van der Waals surface area contributed by atoms with Gasteiger partial charge in [-0.25, -0.2) is 0 Å². The Morgan fingerprint density at radius 2 is 1.16 bits per heavy atom. The van der Waals surface area contributed by atoms with Crippen molar-refractivity contribution in [1.82, 2.24) is 0 Å². The summed E-state index contributed by atoms with van der Waals surface area (Å²) in [5.74, 6) is 0.338. The fraction of sp³-hybridized carbons (Fsp3) is 0.778. The van der Waals surface area contributed by atoms with Crippen LogP contribution < -0.4 is 0 Å². The van der Waals surface area contributed by atoms with Gasteiger partial charge in [0.1, 0.15) is 5.75 Å². The van der Waals surface area contributed by atoms with Crippen LogP contribution in [0, 0.1) is 0 Å². The Hall–Kier alpha value is -0.830. The van der Waals surface area contributed by atoms with Gasteiger partial charge in [0.25, 0.3) is 0 Å². The highest BCUT2D eigenvalue weighted by Crippen LogP contribution is 2.53. The molecule has 5 heteroatoms. The van der Waals surface area contributed by atoms with E-state index in [9.17, 15) is 9.67 Å². The Morgan fingerprint density at radius 1 is 0.750 bits per heavy atom. The zero-order valence-corrected chi connectivity index (χ0v) is 22.9. The minimum absolute atomic E-state index is 0.230. The fourth-order valence-corrected chi connectivity index (χ4v) is 5.45. The molecule has 0 heterocycles. The van der Waals surface area contributed by atoms with Crippen molar-refractivity contribution in [2.24, 2.45) is 0 Å². The predicted octanol–water partition coefficient (Wildman–Crippen LogP) is 8.87. The Labute approximate surface area is 198 Å². The van der Waals surface area contributed by atoms with Crippen molar-refractivity contribution in [2.45, 2.75) is 124 Å². The number of rotatable bonds is 14. The first-order valence-electron chi connectivity index (χ1n) is 12.6. The maximum absolute atomic E-state index is 13.7. The number of hydrogen-bond acceptors (Lipinski definition) is 4. The first-order chi connectivity index (χ1) is 14.8. The second-order valence-electron chi connectivity index (χ2n) is 11.1. The SMILES string of the molecule is CCCCCCOP(=O)(Cc1cc(C(C)(C)C)c(O)c(C(C)(C)C)c1)OCCCCCC. The average Bonchev–Trinajstić information content (AvgIpc) is 2.67. The highest BCUT2D eigenvalue weighted by molar-refractivity contribution is 7.53. The summed E-state index contributed by atoms with van der Waals surface area (Å²) in [7, 11) is -3.28. The van der Waals surface area contributed by atoms with E-state index < -0.39 is 7.60 Å². The van der Waals surface area contributed by atoms with Crippen molar-refractivity contribution in [2.75, 3.05) is 13.2 Å². The van der Waals surface area contributed by atoms with Crippen molar-refractivity contribution in [3.63, 3.8) is 0 Å². The Morgan fingerprint density at radius 3 is 1.50 bits per heavy atom. The van der Waals surface area contributed by atoms with Gasteiger partial charge in [0.05, 0.1) is 19.4 Å². The van der Waals surface area contributed by atoms with E-state index in [1.807, 2.05) is 12.1 Å². The van der Waals surface area contributed by atoms with Crippen LogP contribution in [0.2, 0.25) is 0 Å². The molecule has 0 fully saturated rings. The van der Waals surface area contributed by atoms with Crippen LogP contribution in [-0.4, -0.2) is 18.3 Å². The highest BCUT2D eigenvalue weighted by atomic mass is 31.2. The summed E-state index contributed by atoms with van der Waals surface area (Å²) >= 11 is 0. The first kappa shape index (κ1) is 29.2. The molecule has 186 valence electrons. The molecule has 0 aliphatic heterocycles. The van der Waals surface area contributed by atoms with Crippen LogP contribution in [0.15, 0.2) is 12.1 Å². The highest BCUT2D eigenvalue weighted by Gasteiger charge is 2.30. The second-order valence-corrected chi connectivity index (χ2v) is 13.2. The molecule has 0 spiro atoms. The summed E-state index contributed by atoms with van der Waals surface area (Å²) in [6.45, 7) is 17.8. The molecule has 0 aliphatic carbocycles. The number of aromatic hydroxyl groups is 1. The van der Waals surface area contributed by atoms with Gasteiger partial charge in [0, 0.05) is 0 Å². The Kier molecular flexibility index (Phi) is 12.0. The third-order valence-electron chi connectivity index (χ3n) is 5.73. The van der Waals surface area contributed by atoms with Gasteiger partial charge < -0.3 is 14.2 Å². The zero-order valence-electron chi connectivity index (χ0n) is 22.1. The molecule has 0 bridgehead atoms. The number of phenolic OH excluding ortho intramolecular Hbond substituents is 1. The third kappa shape index (κ3) is 9.98. The normalized spacial score (nSPS) is 13.0. The van der Waals surface area contributed by atoms with E-state index in [1.54, 1.807) is 0 Å². The summed E-state index contributed by atoms with van der Waals surface area (Å²) in [6, 6.07) is 3.97. The van der Waals surface area contributed by atoms with E-state index in [2.05, 4.69) is 55.4 Å². The van der Waals surface area contributed by atoms with Gasteiger partial charge in [-0.05, 0) is 40.4 Å². The van der Waals surface area contributed by atoms with Gasteiger partial charge in [0.2, 0.25) is 0 Å². The molecule has 0 radical (unpaired) electrons. The fourth-order valence-electron chi connectivity index (χ4n) is 3.75. The Balaban J connectivity index is 3.15. The van der Waals surface area contributed by atoms with Crippen molar-refractivity contribution in [1.29, 1.82) is 0 Å². The lowest BCUT2D eigenvalue weighted by atomic mass is 9.78. The van der Waals surface area contributed by atoms with E-state index in [4.69, 9.17) is 9.05 Å². The summed E-state index contributed by atoms with van der Waals surface area (Å²) < 4.78 is 25.6. The van der Waals surface area contributed by atoms with Gasteiger partial charge in [-0.15, -0.1) is 0 Å². The quantitative estimate of drug-likeness (QED) is 0.219. The molecule has 0 atom stereocenters. The van der Waals surface area contributed by atoms with Crippen LogP contribution in [0.1, 0.15) is 123 Å². The number of benzene rings is 1. The molecular weight excluding hydrogens is 419 g/mol. The van der Waals surface area contributed by atoms with E-state index in [0.717, 1.165) is 68.1 Å². The largest absolute Gasteiger partial charge is 0.507 e. The molecule has 0 saturated heterocycles. The molecule has 4 nitrogen and oxygen atoms in total. The number of phenols is 1. The maximum atomic E-state index is 13.7. The molecule has 1 rings (SSSR count). The van der Waals surface area contributed by atoms with Gasteiger partial charge in [-0.3, -0.25) is 4.57 Å². The van der Waals surface area contributed by atoms with Crippen LogP contribution in [0.25, 0.3) is 0 Å². The van der Waals surface area contributed by atoms with Crippen molar-refractivity contribution in [3.05, 3.63) is 28.8 Å². The molecule has 1 N–H and O–H groups in total. The van der Waals surface area contributed by atoms with Gasteiger partial charge in [-0.1, -0.05) is 106 Å². The number of hydrogen-bond donors (Lipinski definition) is 1. The van der Waals surface area contributed by atoms with Crippen LogP contribution in [0.3, 0.4) is 0 Å². The molecule has 0 unspecified atom stereocenters. The molecule has 32 heavy (non-hydrogen) atoms. The summed E-state index contributed by atoms with van der Waals surface area (Å²) in [6.07, 6.45) is 8.82. The summed E-state index contributed by atoms with van der Waals surface area (Å²) in [5, 5.41) is 11.0. The zero-order chi connectivity index (χ0) is 24.4. The second kappa shape index (κ2) is 13.2. The molecule has 0 aromatic heterocycles. The number of unbranched alkanes of at least 4 members (excludes halogenated alkanes) is 6. The summed E-state index contributed by atoms with van der Waals surface area (Å²) in [5.41, 5.74) is 2.19. The lowest BCUT2D eigenvalue weighted by Crippen LogP contribution is -2.18. The van der Waals surface area contributed by atoms with Crippen LogP contribution in [0.5, 0.6) is 5.75 Å². The van der Waals surface area contributed by atoms with Crippen molar-refractivity contribution >= 4 is 7.60 Å². The van der Waals surface area contributed by atoms with E-state index in [1.165, 1.54) is 0 Å². The van der Waals surface area contributed by atoms with E-state index in [-0.39, 0.29) is 17.0 Å². The maximum Gasteiger partial charge on any atom is 0.335 e. The lowest BCUT2D eigenvalue weighted by Gasteiger charge is -2.29. The minimum Gasteiger partial charge on any atom is -0.507 e. The van der Waals surface area contributed by atoms with Gasteiger partial charge >= 0.3 is 7.60 Å². The third-order valence-corrected chi connectivity index (χ3v) is 7.64. The van der Waals surface area contributed by atoms with Crippen LogP contribution in [-0.2, 0) is 30.6 Å². The molecule has 0 saturated carbocycles.